The highest BCUT2D eigenvalue weighted by atomic mass is 32.1. The predicted molar refractivity (Wildman–Crippen MR) is 121 cm³/mol. The normalized spacial score (nSPS) is 32.5. The van der Waals surface area contributed by atoms with Gasteiger partial charge < -0.3 is 29.4 Å². The van der Waals surface area contributed by atoms with E-state index in [-0.39, 0.29) is 34.7 Å². The summed E-state index contributed by atoms with van der Waals surface area (Å²) in [5.74, 6) is -0.478. The lowest BCUT2D eigenvalue weighted by molar-refractivity contribution is -0.165. The molecule has 3 rings (SSSR count). The summed E-state index contributed by atoms with van der Waals surface area (Å²) in [7, 11) is 0. The van der Waals surface area contributed by atoms with Crippen molar-refractivity contribution in [3.63, 3.8) is 0 Å². The highest BCUT2D eigenvalue weighted by Crippen LogP contribution is 2.38. The number of aliphatic hydroxyl groups excluding tert-OH is 3. The Morgan fingerprint density at radius 1 is 1.31 bits per heavy atom. The van der Waals surface area contributed by atoms with Crippen LogP contribution >= 0.6 is 11.3 Å². The van der Waals surface area contributed by atoms with E-state index in [0.717, 1.165) is 17.8 Å². The molecule has 0 spiro atoms. The molecule has 8 atom stereocenters. The summed E-state index contributed by atoms with van der Waals surface area (Å²) in [6.45, 7) is 8.28. The Labute approximate surface area is 192 Å². The molecule has 0 aromatic carbocycles. The number of nitrogens with zero attached hydrogens (tertiary/aromatic N) is 1. The number of aryl methyl sites for hydroxylation is 1. The molecule has 2 saturated heterocycles. The van der Waals surface area contributed by atoms with Crippen LogP contribution in [0.4, 0.5) is 0 Å². The third-order valence-electron chi connectivity index (χ3n) is 6.49. The average molecular weight is 470 g/mol. The molecular formula is C23H35NO7S. The van der Waals surface area contributed by atoms with Crippen molar-refractivity contribution in [2.24, 2.45) is 11.8 Å². The maximum absolute atomic E-state index is 12.5. The van der Waals surface area contributed by atoms with E-state index in [9.17, 15) is 24.9 Å². The van der Waals surface area contributed by atoms with Gasteiger partial charge in [-0.1, -0.05) is 30.8 Å². The van der Waals surface area contributed by atoms with Crippen molar-refractivity contribution in [2.45, 2.75) is 90.1 Å². The van der Waals surface area contributed by atoms with Gasteiger partial charge in [0.25, 0.3) is 0 Å². The molecule has 0 radical (unpaired) electrons. The van der Waals surface area contributed by atoms with Gasteiger partial charge in [0.1, 0.15) is 6.10 Å². The van der Waals surface area contributed by atoms with Crippen LogP contribution in [0.5, 0.6) is 0 Å². The van der Waals surface area contributed by atoms with Gasteiger partial charge in [-0.15, -0.1) is 0 Å². The van der Waals surface area contributed by atoms with E-state index in [2.05, 4.69) is 0 Å². The Kier molecular flexibility index (Phi) is 8.46. The van der Waals surface area contributed by atoms with E-state index >= 15 is 0 Å². The minimum atomic E-state index is -1.07. The molecule has 0 amide bonds. The van der Waals surface area contributed by atoms with Crippen molar-refractivity contribution in [3.8, 4) is 0 Å². The first-order valence-corrected chi connectivity index (χ1v) is 12.2. The number of allylic oxidation sites excluding steroid dienone is 1. The Bertz CT molecular complexity index is 876. The molecule has 2 aliphatic heterocycles. The average Bonchev–Trinajstić information content (AvgIpc) is 3.40. The standard InChI is InChI=1S/C23H35NO7S/c1-5-6-24-10-19(32-23(24)29)16(26)7-12(2)8-17-21(28)20(27)15(11-30-17)9-18-22(31-18)13(3)14(4)25/h7,10,13-15,17-18,20-22,25,27-28H,5-6,8-9,11H2,1-4H3/b12-7+/t13-,14-,15-,17-,18-,20+,21-,22-/m0/s1. The molecule has 3 heterocycles. The fraction of sp³-hybridized carbons (Fsp3) is 0.739. The second kappa shape index (κ2) is 10.7. The van der Waals surface area contributed by atoms with Gasteiger partial charge in [0.2, 0.25) is 0 Å². The van der Waals surface area contributed by atoms with E-state index in [4.69, 9.17) is 9.47 Å². The number of aliphatic hydroxyl groups is 3. The first-order chi connectivity index (χ1) is 15.1. The number of hydrogen-bond acceptors (Lipinski definition) is 8. The fourth-order valence-electron chi connectivity index (χ4n) is 4.27. The zero-order chi connectivity index (χ0) is 23.6. The summed E-state index contributed by atoms with van der Waals surface area (Å²) in [6, 6.07) is 0. The zero-order valence-corrected chi connectivity index (χ0v) is 20.0. The van der Waals surface area contributed by atoms with Crippen molar-refractivity contribution in [1.29, 1.82) is 0 Å². The van der Waals surface area contributed by atoms with E-state index in [1.54, 1.807) is 24.6 Å². The van der Waals surface area contributed by atoms with Gasteiger partial charge in [-0.3, -0.25) is 9.59 Å². The SMILES string of the molecule is CCCn1cc(C(=O)/C=C(\C)C[C@@H]2OC[C@H](C[C@@H]3O[C@H]3[C@@H](C)[C@H](C)O)[C@@H](O)[C@H]2O)sc1=O. The molecule has 2 aliphatic rings. The first-order valence-electron chi connectivity index (χ1n) is 11.3. The van der Waals surface area contributed by atoms with Crippen LogP contribution in [-0.4, -0.2) is 68.9 Å². The van der Waals surface area contributed by atoms with E-state index in [0.29, 0.717) is 36.4 Å². The van der Waals surface area contributed by atoms with Crippen LogP contribution in [0, 0.1) is 11.8 Å². The number of ether oxygens (including phenoxy) is 2. The van der Waals surface area contributed by atoms with E-state index in [1.165, 1.54) is 6.08 Å². The molecule has 8 nitrogen and oxygen atoms in total. The number of carbonyl (C=O) groups is 1. The molecule has 2 fully saturated rings. The summed E-state index contributed by atoms with van der Waals surface area (Å²) in [5.41, 5.74) is 0.712. The van der Waals surface area contributed by atoms with Gasteiger partial charge in [0.05, 0.1) is 42.0 Å². The van der Waals surface area contributed by atoms with Crippen molar-refractivity contribution in [3.05, 3.63) is 32.4 Å². The van der Waals surface area contributed by atoms with Crippen LogP contribution in [0.1, 0.15) is 56.6 Å². The van der Waals surface area contributed by atoms with Gasteiger partial charge in [0.15, 0.2) is 5.78 Å². The van der Waals surface area contributed by atoms with Gasteiger partial charge in [-0.05, 0) is 39.2 Å². The van der Waals surface area contributed by atoms with Crippen molar-refractivity contribution in [2.75, 3.05) is 6.61 Å². The van der Waals surface area contributed by atoms with Crippen LogP contribution in [0.15, 0.2) is 22.6 Å². The molecule has 1 aromatic heterocycles. The molecule has 180 valence electrons. The van der Waals surface area contributed by atoms with Gasteiger partial charge in [0, 0.05) is 24.6 Å². The van der Waals surface area contributed by atoms with Crippen molar-refractivity contribution in [1.82, 2.24) is 4.57 Å². The van der Waals surface area contributed by atoms with Crippen LogP contribution in [0.2, 0.25) is 0 Å². The molecule has 0 bridgehead atoms. The smallest absolute Gasteiger partial charge is 0.307 e. The number of rotatable bonds is 10. The molecule has 0 saturated carbocycles. The summed E-state index contributed by atoms with van der Waals surface area (Å²) in [4.78, 5) is 24.7. The Morgan fingerprint density at radius 2 is 2.03 bits per heavy atom. The molecule has 0 unspecified atom stereocenters. The summed E-state index contributed by atoms with van der Waals surface area (Å²) in [5, 5.41) is 30.9. The lowest BCUT2D eigenvalue weighted by Gasteiger charge is -2.38. The number of ketones is 1. The number of thiazole rings is 1. The molecule has 1 aromatic rings. The quantitative estimate of drug-likeness (QED) is 0.271. The van der Waals surface area contributed by atoms with Crippen LogP contribution in [0.3, 0.4) is 0 Å². The molecule has 3 N–H and O–H groups in total. The van der Waals surface area contributed by atoms with E-state index in [1.807, 2.05) is 13.8 Å². The highest BCUT2D eigenvalue weighted by Gasteiger charge is 2.48. The summed E-state index contributed by atoms with van der Waals surface area (Å²) >= 11 is 0.932. The lowest BCUT2D eigenvalue weighted by atomic mass is 9.85. The molecular weight excluding hydrogens is 434 g/mol. The van der Waals surface area contributed by atoms with Crippen molar-refractivity contribution >= 4 is 17.1 Å². The van der Waals surface area contributed by atoms with Crippen LogP contribution in [-0.2, 0) is 16.0 Å². The predicted octanol–water partition coefficient (Wildman–Crippen LogP) is 1.75. The number of carbonyl (C=O) groups excluding carboxylic acids is 1. The third kappa shape index (κ3) is 5.95. The minimum absolute atomic E-state index is 0.0159. The second-order valence-corrected chi connectivity index (χ2v) is 10.2. The van der Waals surface area contributed by atoms with Gasteiger partial charge >= 0.3 is 4.87 Å². The van der Waals surface area contributed by atoms with Crippen LogP contribution in [0.25, 0.3) is 0 Å². The fourth-order valence-corrected chi connectivity index (χ4v) is 5.06. The zero-order valence-electron chi connectivity index (χ0n) is 19.1. The van der Waals surface area contributed by atoms with Gasteiger partial charge in [-0.25, -0.2) is 0 Å². The highest BCUT2D eigenvalue weighted by molar-refractivity contribution is 7.11. The summed E-state index contributed by atoms with van der Waals surface area (Å²) < 4.78 is 13.0. The summed E-state index contributed by atoms with van der Waals surface area (Å²) in [6.07, 6.45) is 1.58. The first kappa shape index (κ1) is 25.3. The topological polar surface area (TPSA) is 122 Å². The molecule has 9 heteroatoms. The molecule has 0 aliphatic carbocycles. The largest absolute Gasteiger partial charge is 0.393 e. The van der Waals surface area contributed by atoms with Gasteiger partial charge in [-0.2, -0.15) is 0 Å². The third-order valence-corrected chi connectivity index (χ3v) is 7.42. The van der Waals surface area contributed by atoms with E-state index < -0.39 is 24.4 Å². The number of epoxide rings is 1. The second-order valence-electron chi connectivity index (χ2n) is 9.20. The Morgan fingerprint density at radius 3 is 2.69 bits per heavy atom. The number of hydrogen-bond donors (Lipinski definition) is 3. The maximum Gasteiger partial charge on any atom is 0.307 e. The number of aromatic nitrogens is 1. The lowest BCUT2D eigenvalue weighted by Crippen LogP contribution is -2.50. The monoisotopic (exact) mass is 469 g/mol. The maximum atomic E-state index is 12.5. The Balaban J connectivity index is 1.53. The van der Waals surface area contributed by atoms with Crippen molar-refractivity contribution < 1.29 is 29.6 Å². The minimum Gasteiger partial charge on any atom is -0.393 e. The van der Waals surface area contributed by atoms with Crippen LogP contribution < -0.4 is 4.87 Å². The molecule has 32 heavy (non-hydrogen) atoms. The Hall–Kier alpha value is -1.36.